The third-order valence-corrected chi connectivity index (χ3v) is 3.75. The van der Waals surface area contributed by atoms with Crippen molar-refractivity contribution in [3.63, 3.8) is 0 Å². The van der Waals surface area contributed by atoms with E-state index in [1.165, 1.54) is 11.5 Å². The second-order valence-corrected chi connectivity index (χ2v) is 5.39. The average molecular weight is 327 g/mol. The molecule has 0 saturated carbocycles. The molecule has 6 heteroatoms. The molecule has 0 atom stereocenters. The van der Waals surface area contributed by atoms with Gasteiger partial charge in [-0.15, -0.1) is 11.6 Å². The molecule has 0 saturated heterocycles. The quantitative estimate of drug-likeness (QED) is 0.605. The number of benzene rings is 2. The highest BCUT2D eigenvalue weighted by atomic mass is 35.5. The minimum absolute atomic E-state index is 0.0707. The van der Waals surface area contributed by atoms with E-state index in [2.05, 4.69) is 4.98 Å². The number of rotatable bonds is 2. The first-order chi connectivity index (χ1) is 10.0. The number of imidazole rings is 1. The van der Waals surface area contributed by atoms with Gasteiger partial charge in [-0.05, 0) is 36.8 Å². The van der Waals surface area contributed by atoms with Gasteiger partial charge in [-0.25, -0.2) is 13.8 Å². The first-order valence-electron chi connectivity index (χ1n) is 6.20. The van der Waals surface area contributed by atoms with Gasteiger partial charge >= 0.3 is 0 Å². The molecular weight excluding hydrogens is 317 g/mol. The summed E-state index contributed by atoms with van der Waals surface area (Å²) in [6.07, 6.45) is 0. The maximum atomic E-state index is 14.2. The van der Waals surface area contributed by atoms with Crippen LogP contribution in [0.4, 0.5) is 8.78 Å². The standard InChI is InChI=1S/C15H10Cl2F2N2/c1-8-4-11(19)14(6-10(8)18)21-13-3-2-9(17)5-12(13)20-15(21)7-16/h2-6H,7H2,1H3. The van der Waals surface area contributed by atoms with Crippen LogP contribution < -0.4 is 0 Å². The van der Waals surface area contributed by atoms with Crippen molar-refractivity contribution in [1.29, 1.82) is 0 Å². The second kappa shape index (κ2) is 5.28. The molecule has 0 N–H and O–H groups in total. The Morgan fingerprint density at radius 3 is 2.62 bits per heavy atom. The van der Waals surface area contributed by atoms with Gasteiger partial charge < -0.3 is 0 Å². The zero-order valence-corrected chi connectivity index (χ0v) is 12.5. The minimum Gasteiger partial charge on any atom is -0.292 e. The molecule has 0 radical (unpaired) electrons. The molecule has 3 rings (SSSR count). The Morgan fingerprint density at radius 2 is 1.90 bits per heavy atom. The Balaban J connectivity index is 2.36. The highest BCUT2D eigenvalue weighted by molar-refractivity contribution is 6.31. The molecule has 2 nitrogen and oxygen atoms in total. The van der Waals surface area contributed by atoms with Crippen molar-refractivity contribution in [2.24, 2.45) is 0 Å². The van der Waals surface area contributed by atoms with E-state index in [0.717, 1.165) is 12.1 Å². The van der Waals surface area contributed by atoms with Gasteiger partial charge in [-0.1, -0.05) is 11.6 Å². The Labute approximate surface area is 129 Å². The molecule has 108 valence electrons. The summed E-state index contributed by atoms with van der Waals surface area (Å²) in [6, 6.07) is 7.34. The maximum Gasteiger partial charge on any atom is 0.147 e. The number of halogens is 4. The first kappa shape index (κ1) is 14.3. The van der Waals surface area contributed by atoms with Gasteiger partial charge in [0.1, 0.15) is 17.5 Å². The zero-order valence-electron chi connectivity index (χ0n) is 11.0. The van der Waals surface area contributed by atoms with Crippen LogP contribution in [0.25, 0.3) is 16.7 Å². The molecule has 0 fully saturated rings. The molecular formula is C15H10Cl2F2N2. The van der Waals surface area contributed by atoms with Gasteiger partial charge in [-0.2, -0.15) is 0 Å². The van der Waals surface area contributed by atoms with E-state index in [1.54, 1.807) is 18.2 Å². The summed E-state index contributed by atoms with van der Waals surface area (Å²) in [6.45, 7) is 1.51. The van der Waals surface area contributed by atoms with Crippen molar-refractivity contribution in [2.75, 3.05) is 0 Å². The van der Waals surface area contributed by atoms with Crippen molar-refractivity contribution in [3.8, 4) is 5.69 Å². The summed E-state index contributed by atoms with van der Waals surface area (Å²) < 4.78 is 29.5. The predicted molar refractivity (Wildman–Crippen MR) is 80.3 cm³/mol. The molecule has 0 aliphatic heterocycles. The summed E-state index contributed by atoms with van der Waals surface area (Å²) in [5, 5.41) is 0.517. The number of nitrogens with zero attached hydrogens (tertiary/aromatic N) is 2. The molecule has 1 heterocycles. The summed E-state index contributed by atoms with van der Waals surface area (Å²) in [7, 11) is 0. The fraction of sp³-hybridized carbons (Fsp3) is 0.133. The van der Waals surface area contributed by atoms with Gasteiger partial charge in [0.05, 0.1) is 22.6 Å². The lowest BCUT2D eigenvalue weighted by Gasteiger charge is -2.10. The molecule has 1 aromatic heterocycles. The van der Waals surface area contributed by atoms with Crippen LogP contribution in [0.15, 0.2) is 30.3 Å². The van der Waals surface area contributed by atoms with Crippen LogP contribution in [0.3, 0.4) is 0 Å². The van der Waals surface area contributed by atoms with Crippen LogP contribution in [-0.4, -0.2) is 9.55 Å². The van der Waals surface area contributed by atoms with E-state index in [1.807, 2.05) is 0 Å². The average Bonchev–Trinajstić information content (AvgIpc) is 2.80. The summed E-state index contributed by atoms with van der Waals surface area (Å²) in [4.78, 5) is 4.32. The zero-order chi connectivity index (χ0) is 15.1. The summed E-state index contributed by atoms with van der Waals surface area (Å²) in [5.41, 5.74) is 1.53. The van der Waals surface area contributed by atoms with Crippen molar-refractivity contribution in [2.45, 2.75) is 12.8 Å². The number of fused-ring (bicyclic) bond motifs is 1. The molecule has 0 spiro atoms. The Bertz CT molecular complexity index is 843. The Hall–Kier alpha value is -1.65. The third-order valence-electron chi connectivity index (χ3n) is 3.27. The molecule has 21 heavy (non-hydrogen) atoms. The van der Waals surface area contributed by atoms with Crippen LogP contribution in [0.2, 0.25) is 5.02 Å². The van der Waals surface area contributed by atoms with Crippen molar-refractivity contribution < 1.29 is 8.78 Å². The Kier molecular flexibility index (Phi) is 3.59. The first-order valence-corrected chi connectivity index (χ1v) is 7.11. The third kappa shape index (κ3) is 2.39. The lowest BCUT2D eigenvalue weighted by atomic mass is 10.2. The highest BCUT2D eigenvalue weighted by Crippen LogP contribution is 2.27. The highest BCUT2D eigenvalue weighted by Gasteiger charge is 2.17. The van der Waals surface area contributed by atoms with Gasteiger partial charge in [0.25, 0.3) is 0 Å². The lowest BCUT2D eigenvalue weighted by molar-refractivity contribution is 0.585. The van der Waals surface area contributed by atoms with E-state index >= 15 is 0 Å². The topological polar surface area (TPSA) is 17.8 Å². The molecule has 0 unspecified atom stereocenters. The molecule has 0 aliphatic carbocycles. The fourth-order valence-electron chi connectivity index (χ4n) is 2.27. The molecule has 2 aromatic carbocycles. The normalized spacial score (nSPS) is 11.3. The van der Waals surface area contributed by atoms with Gasteiger partial charge in [0.15, 0.2) is 0 Å². The predicted octanol–water partition coefficient (Wildman–Crippen LogP) is 5.00. The lowest BCUT2D eigenvalue weighted by Crippen LogP contribution is -2.03. The van der Waals surface area contributed by atoms with Gasteiger partial charge in [-0.3, -0.25) is 4.57 Å². The van der Waals surface area contributed by atoms with Crippen molar-refractivity contribution in [1.82, 2.24) is 9.55 Å². The molecule has 0 amide bonds. The number of aryl methyl sites for hydroxylation is 1. The second-order valence-electron chi connectivity index (χ2n) is 4.68. The Morgan fingerprint density at radius 1 is 1.14 bits per heavy atom. The number of aromatic nitrogens is 2. The van der Waals surface area contributed by atoms with Gasteiger partial charge in [0.2, 0.25) is 0 Å². The molecule has 0 aliphatic rings. The van der Waals surface area contributed by atoms with Crippen LogP contribution in [-0.2, 0) is 5.88 Å². The SMILES string of the molecule is Cc1cc(F)c(-n2c(CCl)nc3cc(Cl)ccc32)cc1F. The van der Waals surface area contributed by atoms with Crippen LogP contribution in [0.5, 0.6) is 0 Å². The van der Waals surface area contributed by atoms with E-state index in [9.17, 15) is 8.78 Å². The van der Waals surface area contributed by atoms with Gasteiger partial charge in [0, 0.05) is 11.1 Å². The minimum atomic E-state index is -0.533. The summed E-state index contributed by atoms with van der Waals surface area (Å²) >= 11 is 11.8. The van der Waals surface area contributed by atoms with Crippen LogP contribution in [0, 0.1) is 18.6 Å². The summed E-state index contributed by atoms with van der Waals surface area (Å²) in [5.74, 6) is -0.519. The van der Waals surface area contributed by atoms with E-state index in [4.69, 9.17) is 23.2 Å². The van der Waals surface area contributed by atoms with E-state index in [0.29, 0.717) is 21.9 Å². The number of hydrogen-bond donors (Lipinski definition) is 0. The van der Waals surface area contributed by atoms with Crippen molar-refractivity contribution in [3.05, 3.63) is 58.4 Å². The monoisotopic (exact) mass is 326 g/mol. The van der Waals surface area contributed by atoms with E-state index in [-0.39, 0.29) is 17.1 Å². The van der Waals surface area contributed by atoms with Crippen LogP contribution in [0.1, 0.15) is 11.4 Å². The molecule has 3 aromatic rings. The maximum absolute atomic E-state index is 14.2. The largest absolute Gasteiger partial charge is 0.292 e. The smallest absolute Gasteiger partial charge is 0.147 e. The van der Waals surface area contributed by atoms with E-state index < -0.39 is 11.6 Å². The number of alkyl halides is 1. The number of hydrogen-bond acceptors (Lipinski definition) is 1. The van der Waals surface area contributed by atoms with Crippen LogP contribution >= 0.6 is 23.2 Å². The van der Waals surface area contributed by atoms with Crippen molar-refractivity contribution >= 4 is 34.2 Å². The fourth-order valence-corrected chi connectivity index (χ4v) is 2.61. The molecule has 0 bridgehead atoms.